The van der Waals surface area contributed by atoms with Crippen molar-refractivity contribution in [1.29, 1.82) is 0 Å². The number of ether oxygens (including phenoxy) is 3. The number of halogens is 2. The number of hydrogen-bond acceptors (Lipinski definition) is 10. The lowest BCUT2D eigenvalue weighted by Gasteiger charge is -2.34. The van der Waals surface area contributed by atoms with E-state index in [2.05, 4.69) is 15.5 Å². The van der Waals surface area contributed by atoms with E-state index in [1.54, 1.807) is 44.0 Å². The molecule has 0 bridgehead atoms. The predicted octanol–water partition coefficient (Wildman–Crippen LogP) is 6.28. The Bertz CT molecular complexity index is 1300. The van der Waals surface area contributed by atoms with Crippen molar-refractivity contribution in [1.82, 2.24) is 10.0 Å². The molecule has 1 aromatic carbocycles. The van der Waals surface area contributed by atoms with Crippen LogP contribution in [0.2, 0.25) is 10.0 Å². The van der Waals surface area contributed by atoms with Crippen LogP contribution in [0.3, 0.4) is 0 Å². The Labute approximate surface area is 249 Å². The number of piperidine rings is 1. The average Bonchev–Trinajstić information content (AvgIpc) is 3.30. The Morgan fingerprint density at radius 3 is 2.59 bits per heavy atom. The molecule has 4 rings (SSSR count). The van der Waals surface area contributed by atoms with Crippen molar-refractivity contribution in [2.45, 2.75) is 70.6 Å². The summed E-state index contributed by atoms with van der Waals surface area (Å²) in [6.45, 7) is 7.91. The number of hydrogen-bond donors (Lipinski definition) is 1. The van der Waals surface area contributed by atoms with Crippen molar-refractivity contribution in [3.8, 4) is 11.5 Å². The van der Waals surface area contributed by atoms with Gasteiger partial charge in [-0.3, -0.25) is 9.78 Å². The van der Waals surface area contributed by atoms with Gasteiger partial charge in [-0.1, -0.05) is 28.4 Å². The van der Waals surface area contributed by atoms with E-state index in [0.717, 1.165) is 25.0 Å². The molecule has 0 radical (unpaired) electrons. The number of methoxy groups -OCH3 is 1. The van der Waals surface area contributed by atoms with Gasteiger partial charge in [0.15, 0.2) is 17.1 Å². The summed E-state index contributed by atoms with van der Waals surface area (Å²) in [6.07, 6.45) is 5.09. The summed E-state index contributed by atoms with van der Waals surface area (Å²) in [5.41, 5.74) is -0.145. The Morgan fingerprint density at radius 2 is 1.90 bits per heavy atom. The fourth-order valence-corrected chi connectivity index (χ4v) is 4.92. The molecular formula is C28H34Cl2N4O7. The number of benzene rings is 1. The van der Waals surface area contributed by atoms with Crippen molar-refractivity contribution in [3.63, 3.8) is 0 Å². The van der Waals surface area contributed by atoms with Crippen LogP contribution in [-0.4, -0.2) is 65.3 Å². The van der Waals surface area contributed by atoms with Crippen molar-refractivity contribution >= 4 is 46.7 Å². The topological polar surface area (TPSA) is 121 Å². The number of carbonyl (C=O) groups is 2. The van der Waals surface area contributed by atoms with Gasteiger partial charge in [0.25, 0.3) is 5.91 Å². The zero-order valence-electron chi connectivity index (χ0n) is 23.7. The van der Waals surface area contributed by atoms with Gasteiger partial charge in [0.1, 0.15) is 12.2 Å². The highest BCUT2D eigenvalue weighted by atomic mass is 35.5. The molecule has 41 heavy (non-hydrogen) atoms. The van der Waals surface area contributed by atoms with E-state index in [9.17, 15) is 9.59 Å². The van der Waals surface area contributed by atoms with Crippen molar-refractivity contribution in [3.05, 3.63) is 46.2 Å². The summed E-state index contributed by atoms with van der Waals surface area (Å²) in [6, 6.07) is 4.57. The van der Waals surface area contributed by atoms with Gasteiger partial charge in [-0.15, -0.1) is 5.06 Å². The quantitative estimate of drug-likeness (QED) is 0.345. The summed E-state index contributed by atoms with van der Waals surface area (Å²) in [5.74, 6) is 0.343. The third-order valence-corrected chi connectivity index (χ3v) is 6.98. The molecule has 222 valence electrons. The predicted molar refractivity (Wildman–Crippen MR) is 154 cm³/mol. The summed E-state index contributed by atoms with van der Waals surface area (Å²) in [7, 11) is 1.51. The smallest absolute Gasteiger partial charge is 0.493 e. The molecule has 2 aromatic rings. The summed E-state index contributed by atoms with van der Waals surface area (Å²) in [5, 5.41) is 9.10. The molecule has 1 fully saturated rings. The van der Waals surface area contributed by atoms with Crippen LogP contribution >= 0.6 is 23.2 Å². The second kappa shape index (κ2) is 12.7. The maximum Gasteiger partial charge on any atom is 0.528 e. The molecule has 0 aliphatic carbocycles. The Morgan fingerprint density at radius 1 is 1.17 bits per heavy atom. The van der Waals surface area contributed by atoms with E-state index in [0.29, 0.717) is 30.0 Å². The van der Waals surface area contributed by atoms with Gasteiger partial charge in [0.2, 0.25) is 0 Å². The standard InChI is InChI=1S/C28H34Cl2N4O7/c1-27(2,3)39-26(36)40-34-11-7-6-8-21(34)20-13-28(4,41-33-20)16-38-23-12-17(9-10-22(23)37-5)25(35)32-24-18(29)14-31-15-19(24)30/h9-10,12,14-15,21H,6-8,11,13,16H2,1-5H3,(H,31,32,35). The van der Waals surface area contributed by atoms with Crippen LogP contribution in [0.5, 0.6) is 11.5 Å². The van der Waals surface area contributed by atoms with Crippen LogP contribution in [0.25, 0.3) is 0 Å². The largest absolute Gasteiger partial charge is 0.528 e. The third kappa shape index (κ3) is 7.93. The number of carbonyl (C=O) groups excluding carboxylic acids is 2. The number of rotatable bonds is 8. The minimum Gasteiger partial charge on any atom is -0.493 e. The maximum atomic E-state index is 13.0. The van der Waals surface area contributed by atoms with Crippen LogP contribution < -0.4 is 14.8 Å². The average molecular weight is 610 g/mol. The Hall–Kier alpha value is -3.28. The lowest BCUT2D eigenvalue weighted by Crippen LogP contribution is -2.47. The fraction of sp³-hybridized carbons (Fsp3) is 0.500. The molecule has 1 saturated heterocycles. The minimum absolute atomic E-state index is 0.114. The number of pyridine rings is 1. The first-order valence-corrected chi connectivity index (χ1v) is 14.0. The van der Waals surface area contributed by atoms with Crippen molar-refractivity contribution in [2.75, 3.05) is 25.6 Å². The summed E-state index contributed by atoms with van der Waals surface area (Å²) in [4.78, 5) is 40.5. The number of nitrogens with one attached hydrogen (secondary N) is 1. The van der Waals surface area contributed by atoms with Gasteiger partial charge in [0.05, 0.1) is 34.6 Å². The lowest BCUT2D eigenvalue weighted by atomic mass is 9.92. The first kappa shape index (κ1) is 30.7. The highest BCUT2D eigenvalue weighted by Crippen LogP contribution is 2.34. The summed E-state index contributed by atoms with van der Waals surface area (Å²) >= 11 is 12.3. The van der Waals surface area contributed by atoms with Gasteiger partial charge >= 0.3 is 6.16 Å². The van der Waals surface area contributed by atoms with Gasteiger partial charge < -0.3 is 29.2 Å². The normalized spacial score (nSPS) is 21.0. The van der Waals surface area contributed by atoms with Crippen LogP contribution in [0.15, 0.2) is 35.7 Å². The minimum atomic E-state index is -0.800. The van der Waals surface area contributed by atoms with E-state index >= 15 is 0 Å². The number of hydroxylamine groups is 2. The van der Waals surface area contributed by atoms with E-state index in [4.69, 9.17) is 47.1 Å². The number of anilines is 1. The maximum absolute atomic E-state index is 13.0. The molecule has 2 atom stereocenters. The van der Waals surface area contributed by atoms with E-state index in [1.165, 1.54) is 19.5 Å². The first-order chi connectivity index (χ1) is 19.4. The molecule has 2 unspecified atom stereocenters. The molecule has 11 nitrogen and oxygen atoms in total. The zero-order valence-corrected chi connectivity index (χ0v) is 25.2. The molecule has 2 aliphatic heterocycles. The van der Waals surface area contributed by atoms with Gasteiger partial charge in [0, 0.05) is 30.9 Å². The SMILES string of the molecule is COc1ccc(C(=O)Nc2c(Cl)cncc2Cl)cc1OCC1(C)CC(C2CCCCN2OC(=O)OC(C)(C)C)=NO1. The molecule has 1 aromatic heterocycles. The number of nitrogens with zero attached hydrogens (tertiary/aromatic N) is 3. The fourth-order valence-electron chi connectivity index (χ4n) is 4.46. The first-order valence-electron chi connectivity index (χ1n) is 13.2. The molecule has 3 heterocycles. The van der Waals surface area contributed by atoms with Gasteiger partial charge in [-0.25, -0.2) is 4.79 Å². The monoisotopic (exact) mass is 608 g/mol. The Kier molecular flexibility index (Phi) is 9.51. The Balaban J connectivity index is 1.41. The van der Waals surface area contributed by atoms with Gasteiger partial charge in [-0.05, 0) is 65.2 Å². The van der Waals surface area contributed by atoms with Crippen LogP contribution in [0.1, 0.15) is 63.7 Å². The zero-order chi connectivity index (χ0) is 29.8. The molecule has 2 aliphatic rings. The molecule has 1 amide bonds. The second-order valence-electron chi connectivity index (χ2n) is 11.1. The van der Waals surface area contributed by atoms with E-state index in [1.807, 2.05) is 6.92 Å². The molecule has 13 heteroatoms. The van der Waals surface area contributed by atoms with Gasteiger partial charge in [-0.2, -0.15) is 0 Å². The van der Waals surface area contributed by atoms with Crippen molar-refractivity contribution in [2.24, 2.45) is 5.16 Å². The van der Waals surface area contributed by atoms with Crippen LogP contribution in [-0.2, 0) is 14.4 Å². The van der Waals surface area contributed by atoms with E-state index in [-0.39, 0.29) is 28.4 Å². The number of oxime groups is 1. The summed E-state index contributed by atoms with van der Waals surface area (Å²) < 4.78 is 16.9. The highest BCUT2D eigenvalue weighted by Gasteiger charge is 2.42. The number of amides is 1. The third-order valence-electron chi connectivity index (χ3n) is 6.41. The molecule has 1 N–H and O–H groups in total. The van der Waals surface area contributed by atoms with Crippen molar-refractivity contribution < 1.29 is 33.5 Å². The second-order valence-corrected chi connectivity index (χ2v) is 11.9. The molecular weight excluding hydrogens is 575 g/mol. The molecule has 0 saturated carbocycles. The van der Waals surface area contributed by atoms with E-state index < -0.39 is 23.3 Å². The van der Waals surface area contributed by atoms with Crippen LogP contribution in [0, 0.1) is 0 Å². The number of aromatic nitrogens is 1. The lowest BCUT2D eigenvalue weighted by molar-refractivity contribution is -0.162. The highest BCUT2D eigenvalue weighted by molar-refractivity contribution is 6.39. The van der Waals surface area contributed by atoms with Crippen LogP contribution in [0.4, 0.5) is 10.5 Å². The molecule has 0 spiro atoms.